The molecule has 1 aromatic rings. The van der Waals surface area contributed by atoms with Crippen molar-refractivity contribution in [1.29, 1.82) is 0 Å². The first-order valence-electron chi connectivity index (χ1n) is 10.2. The van der Waals surface area contributed by atoms with E-state index in [0.717, 1.165) is 0 Å². The fourth-order valence-electron chi connectivity index (χ4n) is 4.07. The van der Waals surface area contributed by atoms with Crippen LogP contribution in [0.2, 0.25) is 0 Å². The van der Waals surface area contributed by atoms with Crippen molar-refractivity contribution >= 4 is 23.5 Å². The number of amides is 1. The Labute approximate surface area is 171 Å². The molecule has 0 unspecified atom stereocenters. The van der Waals surface area contributed by atoms with Crippen LogP contribution in [0.5, 0.6) is 0 Å². The van der Waals surface area contributed by atoms with Crippen molar-refractivity contribution in [3.63, 3.8) is 0 Å². The molecular weight excluding hydrogens is 374 g/mol. The summed E-state index contributed by atoms with van der Waals surface area (Å²) in [4.78, 5) is 41.0. The molecule has 1 saturated heterocycles. The molecule has 1 heterocycles. The van der Waals surface area contributed by atoms with Gasteiger partial charge in [-0.15, -0.1) is 0 Å². The molecule has 0 bridgehead atoms. The van der Waals surface area contributed by atoms with Gasteiger partial charge < -0.3 is 25.7 Å². The Morgan fingerprint density at radius 3 is 2.45 bits per heavy atom. The Kier molecular flexibility index (Phi) is 8.01. The molecule has 8 heteroatoms. The van der Waals surface area contributed by atoms with Crippen LogP contribution >= 0.6 is 0 Å². The molecule has 1 aliphatic heterocycles. The Hall–Kier alpha value is -2.61. The Balaban J connectivity index is 2.57. The van der Waals surface area contributed by atoms with Crippen molar-refractivity contribution in [2.75, 3.05) is 24.5 Å². The Bertz CT molecular complexity index is 712. The number of carboxylic acid groups (broad SMARTS) is 2. The van der Waals surface area contributed by atoms with Crippen LogP contribution in [0.1, 0.15) is 45.4 Å². The number of hydrogen-bond donors (Lipinski definition) is 3. The van der Waals surface area contributed by atoms with E-state index in [9.17, 15) is 24.6 Å². The summed E-state index contributed by atoms with van der Waals surface area (Å²) in [5.41, 5.74) is 4.36. The lowest BCUT2D eigenvalue weighted by molar-refractivity contribution is -0.158. The molecule has 0 spiro atoms. The normalized spacial score (nSPS) is 18.3. The van der Waals surface area contributed by atoms with Gasteiger partial charge in [-0.2, -0.15) is 0 Å². The van der Waals surface area contributed by atoms with Gasteiger partial charge in [0, 0.05) is 18.8 Å². The maximum atomic E-state index is 13.7. The zero-order valence-corrected chi connectivity index (χ0v) is 16.9. The number of unbranched alkanes of at least 4 members (excludes halogenated alkanes) is 1. The van der Waals surface area contributed by atoms with Crippen LogP contribution in [0.25, 0.3) is 0 Å². The SMILES string of the molecule is CCCN(c1ccccc1)[C@](CCCCN)(C(=O)O)C(=O)N1CCC[C@H]1C(=O)O. The number of benzene rings is 1. The zero-order chi connectivity index (χ0) is 21.4. The molecular formula is C21H31N3O5. The summed E-state index contributed by atoms with van der Waals surface area (Å²) in [5, 5.41) is 19.9. The molecule has 1 fully saturated rings. The van der Waals surface area contributed by atoms with Crippen molar-refractivity contribution in [1.82, 2.24) is 4.90 Å². The van der Waals surface area contributed by atoms with Crippen molar-refractivity contribution < 1.29 is 24.6 Å². The first-order chi connectivity index (χ1) is 13.9. The van der Waals surface area contributed by atoms with E-state index in [4.69, 9.17) is 5.73 Å². The second kappa shape index (κ2) is 10.2. The summed E-state index contributed by atoms with van der Waals surface area (Å²) >= 11 is 0. The van der Waals surface area contributed by atoms with Crippen LogP contribution in [0, 0.1) is 0 Å². The van der Waals surface area contributed by atoms with Crippen molar-refractivity contribution in [2.45, 2.75) is 57.0 Å². The zero-order valence-electron chi connectivity index (χ0n) is 16.9. The molecule has 2 atom stereocenters. The third-order valence-electron chi connectivity index (χ3n) is 5.47. The fraction of sp³-hybridized carbons (Fsp3) is 0.571. The van der Waals surface area contributed by atoms with Gasteiger partial charge in [0.05, 0.1) is 0 Å². The molecule has 0 aliphatic carbocycles. The van der Waals surface area contributed by atoms with E-state index in [1.54, 1.807) is 29.2 Å². The number of nitrogens with two attached hydrogens (primary N) is 1. The van der Waals surface area contributed by atoms with Crippen LogP contribution in [0.15, 0.2) is 30.3 Å². The lowest BCUT2D eigenvalue weighted by Crippen LogP contribution is -2.66. The Morgan fingerprint density at radius 1 is 1.21 bits per heavy atom. The fourth-order valence-corrected chi connectivity index (χ4v) is 4.07. The van der Waals surface area contributed by atoms with E-state index in [2.05, 4.69) is 0 Å². The van der Waals surface area contributed by atoms with Gasteiger partial charge in [-0.3, -0.25) is 4.79 Å². The maximum Gasteiger partial charge on any atom is 0.339 e. The van der Waals surface area contributed by atoms with Gasteiger partial charge in [0.1, 0.15) is 6.04 Å². The second-order valence-corrected chi connectivity index (χ2v) is 7.39. The van der Waals surface area contributed by atoms with Gasteiger partial charge >= 0.3 is 11.9 Å². The van der Waals surface area contributed by atoms with Crippen molar-refractivity contribution in [3.8, 4) is 0 Å². The highest BCUT2D eigenvalue weighted by atomic mass is 16.4. The van der Waals surface area contributed by atoms with E-state index in [1.807, 2.05) is 13.0 Å². The molecule has 2 rings (SSSR count). The monoisotopic (exact) mass is 405 g/mol. The highest BCUT2D eigenvalue weighted by Crippen LogP contribution is 2.34. The molecule has 1 aromatic carbocycles. The average molecular weight is 405 g/mol. The summed E-state index contributed by atoms with van der Waals surface area (Å²) in [6.45, 7) is 2.92. The van der Waals surface area contributed by atoms with Crippen LogP contribution in [-0.2, 0) is 14.4 Å². The minimum atomic E-state index is -1.87. The van der Waals surface area contributed by atoms with Gasteiger partial charge in [-0.25, -0.2) is 9.59 Å². The lowest BCUT2D eigenvalue weighted by Gasteiger charge is -2.43. The van der Waals surface area contributed by atoms with Gasteiger partial charge in [-0.05, 0) is 57.2 Å². The molecule has 0 radical (unpaired) electrons. The number of carbonyl (C=O) groups is 3. The van der Waals surface area contributed by atoms with E-state index in [-0.39, 0.29) is 13.0 Å². The van der Waals surface area contributed by atoms with E-state index < -0.39 is 29.4 Å². The maximum absolute atomic E-state index is 13.7. The van der Waals surface area contributed by atoms with Crippen LogP contribution in [-0.4, -0.2) is 64.2 Å². The highest BCUT2D eigenvalue weighted by molar-refractivity contribution is 6.11. The number of para-hydroxylation sites is 1. The predicted molar refractivity (Wildman–Crippen MR) is 110 cm³/mol. The summed E-state index contributed by atoms with van der Waals surface area (Å²) in [6.07, 6.45) is 2.61. The van der Waals surface area contributed by atoms with Crippen molar-refractivity contribution in [2.24, 2.45) is 5.73 Å². The highest BCUT2D eigenvalue weighted by Gasteiger charge is 2.55. The predicted octanol–water partition coefficient (Wildman–Crippen LogP) is 1.93. The van der Waals surface area contributed by atoms with Crippen LogP contribution < -0.4 is 10.6 Å². The molecule has 1 aliphatic rings. The van der Waals surface area contributed by atoms with Gasteiger partial charge in [0.2, 0.25) is 5.54 Å². The average Bonchev–Trinajstić information content (AvgIpc) is 3.20. The molecule has 160 valence electrons. The number of nitrogens with zero attached hydrogens (tertiary/aromatic N) is 2. The number of carboxylic acids is 2. The summed E-state index contributed by atoms with van der Waals surface area (Å²) in [6, 6.07) is 7.99. The molecule has 29 heavy (non-hydrogen) atoms. The van der Waals surface area contributed by atoms with E-state index in [1.165, 1.54) is 4.90 Å². The number of rotatable bonds is 11. The largest absolute Gasteiger partial charge is 0.480 e. The quantitative estimate of drug-likeness (QED) is 0.379. The number of hydrogen-bond acceptors (Lipinski definition) is 5. The Morgan fingerprint density at radius 2 is 1.90 bits per heavy atom. The summed E-state index contributed by atoms with van der Waals surface area (Å²) in [5.74, 6) is -3.00. The third kappa shape index (κ3) is 4.70. The first kappa shape index (κ1) is 22.7. The summed E-state index contributed by atoms with van der Waals surface area (Å²) < 4.78 is 0. The molecule has 0 aromatic heterocycles. The lowest BCUT2D eigenvalue weighted by atomic mass is 9.87. The number of anilines is 1. The minimum Gasteiger partial charge on any atom is -0.480 e. The molecule has 1 amide bonds. The topological polar surface area (TPSA) is 124 Å². The standard InChI is InChI=1S/C21H31N3O5/c1-2-14-24(16-9-4-3-5-10-16)21(20(28)29,12-6-7-13-22)19(27)23-15-8-11-17(23)18(25)26/h3-5,9-10,17H,2,6-8,11-15,22H2,1H3,(H,25,26)(H,28,29)/t17-,21-/m0/s1. The van der Waals surface area contributed by atoms with Gasteiger partial charge in [0.25, 0.3) is 5.91 Å². The number of aliphatic carboxylic acids is 2. The molecule has 4 N–H and O–H groups in total. The molecule has 8 nitrogen and oxygen atoms in total. The van der Waals surface area contributed by atoms with E-state index >= 15 is 0 Å². The van der Waals surface area contributed by atoms with E-state index in [0.29, 0.717) is 50.9 Å². The second-order valence-electron chi connectivity index (χ2n) is 7.39. The van der Waals surface area contributed by atoms with Gasteiger partial charge in [0.15, 0.2) is 0 Å². The smallest absolute Gasteiger partial charge is 0.339 e. The third-order valence-corrected chi connectivity index (χ3v) is 5.47. The summed E-state index contributed by atoms with van der Waals surface area (Å²) in [7, 11) is 0. The number of likely N-dealkylation sites (tertiary alicyclic amines) is 1. The van der Waals surface area contributed by atoms with Crippen LogP contribution in [0.4, 0.5) is 5.69 Å². The van der Waals surface area contributed by atoms with Gasteiger partial charge in [-0.1, -0.05) is 25.1 Å². The first-order valence-corrected chi connectivity index (χ1v) is 10.2. The van der Waals surface area contributed by atoms with Crippen molar-refractivity contribution in [3.05, 3.63) is 30.3 Å². The van der Waals surface area contributed by atoms with Crippen LogP contribution in [0.3, 0.4) is 0 Å². The number of carbonyl (C=O) groups excluding carboxylic acids is 1. The molecule has 0 saturated carbocycles. The minimum absolute atomic E-state index is 0.0656.